The van der Waals surface area contributed by atoms with Gasteiger partial charge in [0.2, 0.25) is 10.0 Å². The fourth-order valence-corrected chi connectivity index (χ4v) is 7.87. The molecule has 0 unspecified atom stereocenters. The molecule has 1 aromatic rings. The van der Waals surface area contributed by atoms with E-state index in [1.807, 2.05) is 0 Å². The van der Waals surface area contributed by atoms with Crippen molar-refractivity contribution in [3.05, 3.63) is 18.2 Å². The largest absolute Gasteiger partial charge is 0.486 e. The van der Waals surface area contributed by atoms with Gasteiger partial charge in [0.1, 0.15) is 13.2 Å². The van der Waals surface area contributed by atoms with Gasteiger partial charge in [-0.05, 0) is 38.3 Å². The lowest BCUT2D eigenvalue weighted by atomic mass is 9.98. The molecular weight excluding hydrogens is 500 g/mol. The van der Waals surface area contributed by atoms with E-state index in [4.69, 9.17) is 14.2 Å². The van der Waals surface area contributed by atoms with Crippen LogP contribution in [0.1, 0.15) is 26.2 Å². The Hall–Kier alpha value is -2.38. The molecule has 194 valence electrons. The zero-order chi connectivity index (χ0) is 25.2. The maximum atomic E-state index is 13.1. The number of rotatable bonds is 7. The van der Waals surface area contributed by atoms with Crippen molar-refractivity contribution in [3.63, 3.8) is 0 Å². The normalized spacial score (nSPS) is 22.5. The Balaban J connectivity index is 1.29. The van der Waals surface area contributed by atoms with Gasteiger partial charge in [0.25, 0.3) is 5.91 Å². The number of nitrogens with zero attached hydrogens (tertiary/aromatic N) is 2. The first-order valence-corrected chi connectivity index (χ1v) is 14.9. The summed E-state index contributed by atoms with van der Waals surface area (Å²) >= 11 is 0. The molecule has 0 N–H and O–H groups in total. The van der Waals surface area contributed by atoms with Gasteiger partial charge in [-0.2, -0.15) is 4.31 Å². The van der Waals surface area contributed by atoms with E-state index in [1.54, 1.807) is 13.0 Å². The van der Waals surface area contributed by atoms with Gasteiger partial charge < -0.3 is 19.1 Å². The van der Waals surface area contributed by atoms with Crippen molar-refractivity contribution < 1.29 is 40.6 Å². The van der Waals surface area contributed by atoms with E-state index < -0.39 is 50.3 Å². The minimum absolute atomic E-state index is 0.0506. The number of fused-ring (bicyclic) bond motifs is 1. The summed E-state index contributed by atoms with van der Waals surface area (Å²) in [6.07, 6.45) is 0.927. The maximum Gasteiger partial charge on any atom is 0.309 e. The van der Waals surface area contributed by atoms with Crippen LogP contribution in [0.25, 0.3) is 0 Å². The van der Waals surface area contributed by atoms with Crippen LogP contribution in [0.4, 0.5) is 0 Å². The summed E-state index contributed by atoms with van der Waals surface area (Å²) in [5.41, 5.74) is 0. The quantitative estimate of drug-likeness (QED) is 0.460. The molecule has 3 aliphatic rings. The van der Waals surface area contributed by atoms with Crippen LogP contribution in [-0.4, -0.2) is 94.9 Å². The van der Waals surface area contributed by atoms with Crippen LogP contribution in [0, 0.1) is 5.92 Å². The number of hydrogen-bond acceptors (Lipinski definition) is 9. The first kappa shape index (κ1) is 25.7. The first-order valence-electron chi connectivity index (χ1n) is 11.7. The molecule has 1 atom stereocenters. The number of amides is 1. The highest BCUT2D eigenvalue weighted by atomic mass is 32.2. The third-order valence-corrected chi connectivity index (χ3v) is 10.2. The third kappa shape index (κ3) is 5.72. The number of carbonyl (C=O) groups is 2. The predicted molar refractivity (Wildman–Crippen MR) is 124 cm³/mol. The Bertz CT molecular complexity index is 1180. The van der Waals surface area contributed by atoms with Crippen LogP contribution < -0.4 is 9.47 Å². The van der Waals surface area contributed by atoms with E-state index in [2.05, 4.69) is 0 Å². The van der Waals surface area contributed by atoms with E-state index in [0.717, 1.165) is 0 Å². The molecular formula is C22H30N2O9S2. The fraction of sp³-hybridized carbons (Fsp3) is 0.636. The molecule has 35 heavy (non-hydrogen) atoms. The molecule has 3 heterocycles. The van der Waals surface area contributed by atoms with Gasteiger partial charge in [0.05, 0.1) is 22.3 Å². The Kier molecular flexibility index (Phi) is 7.57. The number of carbonyl (C=O) groups excluding carboxylic acids is 2. The van der Waals surface area contributed by atoms with Crippen molar-refractivity contribution in [3.8, 4) is 11.5 Å². The van der Waals surface area contributed by atoms with Crippen LogP contribution in [-0.2, 0) is 34.2 Å². The van der Waals surface area contributed by atoms with E-state index in [-0.39, 0.29) is 42.3 Å². The number of esters is 1. The first-order chi connectivity index (χ1) is 16.6. The highest BCUT2D eigenvalue weighted by Crippen LogP contribution is 2.34. The fourth-order valence-electron chi connectivity index (χ4n) is 4.66. The van der Waals surface area contributed by atoms with Gasteiger partial charge in [-0.1, -0.05) is 0 Å². The second-order valence-corrected chi connectivity index (χ2v) is 13.0. The van der Waals surface area contributed by atoms with Gasteiger partial charge in [-0.15, -0.1) is 0 Å². The van der Waals surface area contributed by atoms with E-state index >= 15 is 0 Å². The smallest absolute Gasteiger partial charge is 0.309 e. The number of ether oxygens (including phenoxy) is 3. The van der Waals surface area contributed by atoms with Gasteiger partial charge >= 0.3 is 5.97 Å². The van der Waals surface area contributed by atoms with Crippen molar-refractivity contribution in [2.75, 3.05) is 51.0 Å². The molecule has 0 bridgehead atoms. The van der Waals surface area contributed by atoms with Crippen LogP contribution in [0.15, 0.2) is 23.1 Å². The Morgan fingerprint density at radius 2 is 1.80 bits per heavy atom. The monoisotopic (exact) mass is 530 g/mol. The molecule has 0 aliphatic carbocycles. The second-order valence-electron chi connectivity index (χ2n) is 8.83. The van der Waals surface area contributed by atoms with Crippen LogP contribution in [0.5, 0.6) is 11.5 Å². The van der Waals surface area contributed by atoms with Crippen LogP contribution in [0.3, 0.4) is 0 Å². The minimum atomic E-state index is -3.77. The van der Waals surface area contributed by atoms with Crippen LogP contribution in [0.2, 0.25) is 0 Å². The number of likely N-dealkylation sites (N-methyl/N-ethyl adjacent to an activating group) is 1. The Morgan fingerprint density at radius 1 is 1.11 bits per heavy atom. The summed E-state index contributed by atoms with van der Waals surface area (Å²) < 4.78 is 67.1. The minimum Gasteiger partial charge on any atom is -0.486 e. The maximum absolute atomic E-state index is 13.1. The molecule has 1 aromatic carbocycles. The number of benzene rings is 1. The standard InChI is InChI=1S/C22H30N2O9S2/c1-2-24(17-7-12-34(27,28)15-17)21(25)14-33-22(26)16-5-8-23(9-6-16)35(29,30)18-3-4-19-20(13-18)32-11-10-31-19/h3-4,13,16-17H,2,5-12,14-15H2,1H3/t17-/m0/s1. The zero-order valence-corrected chi connectivity index (χ0v) is 21.2. The molecule has 0 aromatic heterocycles. The van der Waals surface area contributed by atoms with Crippen LogP contribution >= 0.6 is 0 Å². The lowest BCUT2D eigenvalue weighted by molar-refractivity contribution is -0.157. The van der Waals surface area contributed by atoms with Gasteiger partial charge in [-0.25, -0.2) is 16.8 Å². The van der Waals surface area contributed by atoms with E-state index in [1.165, 1.54) is 21.3 Å². The topological polar surface area (TPSA) is 137 Å². The number of hydrogen-bond donors (Lipinski definition) is 0. The summed E-state index contributed by atoms with van der Waals surface area (Å²) in [6.45, 7) is 2.67. The average molecular weight is 531 g/mol. The lowest BCUT2D eigenvalue weighted by Gasteiger charge is -2.31. The lowest BCUT2D eigenvalue weighted by Crippen LogP contribution is -2.44. The SMILES string of the molecule is CCN(C(=O)COC(=O)C1CCN(S(=O)(=O)c2ccc3c(c2)OCCO3)CC1)[C@H]1CCS(=O)(=O)C1. The van der Waals surface area contributed by atoms with Crippen molar-refractivity contribution >= 4 is 31.7 Å². The molecule has 0 spiro atoms. The van der Waals surface area contributed by atoms with Gasteiger partial charge in [0.15, 0.2) is 27.9 Å². The average Bonchev–Trinajstić information content (AvgIpc) is 3.21. The molecule has 3 aliphatic heterocycles. The molecule has 13 heteroatoms. The predicted octanol–water partition coefficient (Wildman–Crippen LogP) is 0.437. The molecule has 11 nitrogen and oxygen atoms in total. The van der Waals surface area contributed by atoms with Crippen molar-refractivity contribution in [2.24, 2.45) is 5.92 Å². The number of sulfone groups is 1. The Labute approximate surface area is 205 Å². The van der Waals surface area contributed by atoms with E-state index in [9.17, 15) is 26.4 Å². The molecule has 0 saturated carbocycles. The second kappa shape index (κ2) is 10.3. The van der Waals surface area contributed by atoms with Crippen molar-refractivity contribution in [1.29, 1.82) is 0 Å². The molecule has 2 fully saturated rings. The summed E-state index contributed by atoms with van der Waals surface area (Å²) in [4.78, 5) is 26.6. The van der Waals surface area contributed by atoms with E-state index in [0.29, 0.717) is 37.7 Å². The third-order valence-electron chi connectivity index (χ3n) is 6.59. The Morgan fingerprint density at radius 3 is 2.43 bits per heavy atom. The molecule has 2 saturated heterocycles. The van der Waals surface area contributed by atoms with Gasteiger partial charge in [-0.3, -0.25) is 9.59 Å². The molecule has 4 rings (SSSR count). The van der Waals surface area contributed by atoms with Crippen molar-refractivity contribution in [1.82, 2.24) is 9.21 Å². The molecule has 0 radical (unpaired) electrons. The van der Waals surface area contributed by atoms with Crippen molar-refractivity contribution in [2.45, 2.75) is 37.1 Å². The van der Waals surface area contributed by atoms with Gasteiger partial charge in [0, 0.05) is 31.7 Å². The summed E-state index contributed by atoms with van der Waals surface area (Å²) in [6, 6.07) is 4.10. The number of sulfonamides is 1. The zero-order valence-electron chi connectivity index (χ0n) is 19.6. The summed E-state index contributed by atoms with van der Waals surface area (Å²) in [5.74, 6) is -0.631. The highest BCUT2D eigenvalue weighted by molar-refractivity contribution is 7.91. The number of piperidine rings is 1. The summed E-state index contributed by atoms with van der Waals surface area (Å²) in [5, 5.41) is 0. The highest BCUT2D eigenvalue weighted by Gasteiger charge is 2.36. The molecule has 1 amide bonds. The summed E-state index contributed by atoms with van der Waals surface area (Å²) in [7, 11) is -6.91.